The van der Waals surface area contributed by atoms with Gasteiger partial charge in [0, 0.05) is 11.3 Å². The van der Waals surface area contributed by atoms with Gasteiger partial charge in [-0.05, 0) is 23.6 Å². The first-order chi connectivity index (χ1) is 9.02. The van der Waals surface area contributed by atoms with Crippen molar-refractivity contribution in [3.8, 4) is 11.1 Å². The largest absolute Gasteiger partial charge is 0.397 e. The Labute approximate surface area is 111 Å². The summed E-state index contributed by atoms with van der Waals surface area (Å²) in [5.41, 5.74) is 8.80. The number of anilines is 1. The molecule has 0 spiro atoms. The predicted octanol–water partition coefficient (Wildman–Crippen LogP) is 3.30. The molecule has 96 valence electrons. The zero-order chi connectivity index (χ0) is 14.0. The second kappa shape index (κ2) is 4.99. The normalized spacial score (nSPS) is 10.4. The third kappa shape index (κ3) is 2.50. The first-order valence-corrected chi connectivity index (χ1v) is 6.03. The molecule has 1 aromatic heterocycles. The summed E-state index contributed by atoms with van der Waals surface area (Å²) in [6.07, 6.45) is 0. The third-order valence-corrected chi connectivity index (χ3v) is 2.97. The van der Waals surface area contributed by atoms with E-state index in [4.69, 9.17) is 12.3 Å². The maximum atomic E-state index is 12.1. The molecule has 4 nitrogen and oxygen atoms in total. The van der Waals surface area contributed by atoms with Crippen LogP contribution in [0, 0.1) is 6.57 Å². The fourth-order valence-corrected chi connectivity index (χ4v) is 2.00. The van der Waals surface area contributed by atoms with Crippen molar-refractivity contribution in [1.82, 2.24) is 4.98 Å². The molecule has 4 heteroatoms. The predicted molar refractivity (Wildman–Crippen MR) is 77.3 cm³/mol. The Morgan fingerprint density at radius 3 is 2.68 bits per heavy atom. The summed E-state index contributed by atoms with van der Waals surface area (Å²) in [6.45, 7) is 10.9. The van der Waals surface area contributed by atoms with Gasteiger partial charge in [0.2, 0.25) is 0 Å². The summed E-state index contributed by atoms with van der Waals surface area (Å²) in [6, 6.07) is 8.63. The smallest absolute Gasteiger partial charge is 0.256 e. The Bertz CT molecular complexity index is 708. The number of nitrogens with one attached hydrogen (secondary N) is 1. The highest BCUT2D eigenvalue weighted by Gasteiger charge is 2.10. The summed E-state index contributed by atoms with van der Waals surface area (Å²) in [4.78, 5) is 18.3. The molecule has 19 heavy (non-hydrogen) atoms. The van der Waals surface area contributed by atoms with Gasteiger partial charge in [-0.25, -0.2) is 4.85 Å². The average molecular weight is 253 g/mol. The average Bonchev–Trinajstić information content (AvgIpc) is 2.40. The van der Waals surface area contributed by atoms with Crippen LogP contribution in [0.2, 0.25) is 0 Å². The van der Waals surface area contributed by atoms with Crippen LogP contribution in [0.3, 0.4) is 0 Å². The van der Waals surface area contributed by atoms with Gasteiger partial charge in [-0.2, -0.15) is 0 Å². The number of H-pyrrole nitrogens is 1. The van der Waals surface area contributed by atoms with E-state index in [9.17, 15) is 4.79 Å². The van der Waals surface area contributed by atoms with Gasteiger partial charge < -0.3 is 10.7 Å². The molecule has 0 aliphatic carbocycles. The molecule has 1 aromatic carbocycles. The van der Waals surface area contributed by atoms with Crippen molar-refractivity contribution < 1.29 is 0 Å². The lowest BCUT2D eigenvalue weighted by molar-refractivity contribution is 0.820. The lowest BCUT2D eigenvalue weighted by Gasteiger charge is -2.11. The van der Waals surface area contributed by atoms with Crippen molar-refractivity contribution in [2.45, 2.75) is 19.8 Å². The van der Waals surface area contributed by atoms with E-state index in [1.165, 1.54) is 0 Å². The number of nitrogens with two attached hydrogens (primary N) is 1. The van der Waals surface area contributed by atoms with Gasteiger partial charge in [-0.1, -0.05) is 32.0 Å². The summed E-state index contributed by atoms with van der Waals surface area (Å²) in [5.74, 6) is 0.163. The van der Waals surface area contributed by atoms with Gasteiger partial charge in [-0.15, -0.1) is 0 Å². The maximum Gasteiger partial charge on any atom is 0.256 e. The molecule has 0 saturated heterocycles. The molecular weight excluding hydrogens is 238 g/mol. The number of hydrogen-bond donors (Lipinski definition) is 2. The molecule has 0 aliphatic heterocycles. The highest BCUT2D eigenvalue weighted by molar-refractivity contribution is 5.70. The number of aromatic nitrogens is 1. The topological polar surface area (TPSA) is 63.2 Å². The number of nitrogen functional groups attached to an aromatic ring is 1. The number of pyridine rings is 1. The van der Waals surface area contributed by atoms with Crippen molar-refractivity contribution in [3.63, 3.8) is 0 Å². The van der Waals surface area contributed by atoms with Crippen molar-refractivity contribution in [2.75, 3.05) is 5.73 Å². The molecule has 0 aliphatic rings. The zero-order valence-electron chi connectivity index (χ0n) is 10.9. The van der Waals surface area contributed by atoms with Crippen molar-refractivity contribution in [2.24, 2.45) is 0 Å². The Morgan fingerprint density at radius 2 is 2.05 bits per heavy atom. The highest BCUT2D eigenvalue weighted by atomic mass is 16.1. The van der Waals surface area contributed by atoms with E-state index in [2.05, 4.69) is 9.83 Å². The molecule has 0 atom stereocenters. The van der Waals surface area contributed by atoms with Gasteiger partial charge in [0.05, 0.1) is 12.3 Å². The summed E-state index contributed by atoms with van der Waals surface area (Å²) < 4.78 is 0. The van der Waals surface area contributed by atoms with E-state index in [0.29, 0.717) is 22.5 Å². The van der Waals surface area contributed by atoms with Crippen LogP contribution in [0.15, 0.2) is 35.1 Å². The number of rotatable bonds is 2. The van der Waals surface area contributed by atoms with Crippen molar-refractivity contribution in [3.05, 3.63) is 57.8 Å². The third-order valence-electron chi connectivity index (χ3n) is 2.97. The minimum Gasteiger partial charge on any atom is -0.397 e. The van der Waals surface area contributed by atoms with Crippen LogP contribution in [0.1, 0.15) is 25.5 Å². The summed E-state index contributed by atoms with van der Waals surface area (Å²) in [7, 11) is 0. The van der Waals surface area contributed by atoms with E-state index in [1.54, 1.807) is 30.3 Å². The lowest BCUT2D eigenvalue weighted by Crippen LogP contribution is -2.14. The Balaban J connectivity index is 2.61. The Hall–Kier alpha value is -2.54. The van der Waals surface area contributed by atoms with Gasteiger partial charge in [-0.3, -0.25) is 4.79 Å². The Morgan fingerprint density at radius 1 is 1.32 bits per heavy atom. The molecule has 2 aromatic rings. The maximum absolute atomic E-state index is 12.1. The van der Waals surface area contributed by atoms with E-state index >= 15 is 0 Å². The fourth-order valence-electron chi connectivity index (χ4n) is 2.00. The molecule has 0 radical (unpaired) electrons. The van der Waals surface area contributed by atoms with Crippen LogP contribution < -0.4 is 11.3 Å². The summed E-state index contributed by atoms with van der Waals surface area (Å²) >= 11 is 0. The fraction of sp³-hybridized carbons (Fsp3) is 0.200. The van der Waals surface area contributed by atoms with Crippen LogP contribution in [-0.4, -0.2) is 4.98 Å². The highest BCUT2D eigenvalue weighted by Crippen LogP contribution is 2.25. The van der Waals surface area contributed by atoms with E-state index < -0.39 is 0 Å². The second-order valence-electron chi connectivity index (χ2n) is 4.70. The molecule has 0 fully saturated rings. The van der Waals surface area contributed by atoms with Gasteiger partial charge in [0.15, 0.2) is 5.69 Å². The van der Waals surface area contributed by atoms with Gasteiger partial charge in [0.25, 0.3) is 5.56 Å². The monoisotopic (exact) mass is 253 g/mol. The minimum atomic E-state index is -0.181. The van der Waals surface area contributed by atoms with Crippen LogP contribution in [0.25, 0.3) is 16.0 Å². The molecule has 1 heterocycles. The number of nitrogens with zero attached hydrogens (tertiary/aromatic N) is 1. The number of benzene rings is 1. The van der Waals surface area contributed by atoms with Crippen LogP contribution in [-0.2, 0) is 0 Å². The lowest BCUT2D eigenvalue weighted by atomic mass is 10.0. The van der Waals surface area contributed by atoms with Crippen molar-refractivity contribution >= 4 is 11.4 Å². The SMILES string of the molecule is [C-]#[N+]c1cccc(-c2cc(N)c(C(C)C)[nH]c2=O)c1. The number of aromatic amines is 1. The summed E-state index contributed by atoms with van der Waals surface area (Å²) in [5, 5.41) is 0. The van der Waals surface area contributed by atoms with Gasteiger partial charge in [0.1, 0.15) is 0 Å². The van der Waals surface area contributed by atoms with Crippen molar-refractivity contribution in [1.29, 1.82) is 0 Å². The zero-order valence-corrected chi connectivity index (χ0v) is 10.9. The Kier molecular flexibility index (Phi) is 3.39. The molecule has 2 rings (SSSR count). The van der Waals surface area contributed by atoms with E-state index in [-0.39, 0.29) is 11.5 Å². The van der Waals surface area contributed by atoms with Crippen LogP contribution in [0.5, 0.6) is 0 Å². The first-order valence-electron chi connectivity index (χ1n) is 6.03. The molecule has 0 unspecified atom stereocenters. The molecule has 0 saturated carbocycles. The van der Waals surface area contributed by atoms with Crippen LogP contribution >= 0.6 is 0 Å². The standard InChI is InChI=1S/C15H15N3O/c1-9(2)14-13(16)8-12(15(19)18-14)10-5-4-6-11(7-10)17-3/h4-9H,16H2,1-2H3,(H,18,19). The van der Waals surface area contributed by atoms with E-state index in [1.807, 2.05) is 13.8 Å². The van der Waals surface area contributed by atoms with Gasteiger partial charge >= 0.3 is 0 Å². The molecule has 3 N–H and O–H groups in total. The molecule has 0 bridgehead atoms. The quantitative estimate of drug-likeness (QED) is 0.806. The molecule has 0 amide bonds. The van der Waals surface area contributed by atoms with E-state index in [0.717, 1.165) is 5.69 Å². The minimum absolute atomic E-state index is 0.163. The first kappa shape index (κ1) is 12.9. The molecular formula is C15H15N3O. The second-order valence-corrected chi connectivity index (χ2v) is 4.70. The number of hydrogen-bond acceptors (Lipinski definition) is 2. The van der Waals surface area contributed by atoms with Crippen LogP contribution in [0.4, 0.5) is 11.4 Å².